The molecule has 106 valence electrons. The van der Waals surface area contributed by atoms with Gasteiger partial charge in [0.05, 0.1) is 18.8 Å². The third kappa shape index (κ3) is 3.62. The molecule has 7 nitrogen and oxygen atoms in total. The van der Waals surface area contributed by atoms with Crippen LogP contribution in [-0.2, 0) is 16.1 Å². The summed E-state index contributed by atoms with van der Waals surface area (Å²) in [5.41, 5.74) is 0.752. The van der Waals surface area contributed by atoms with Gasteiger partial charge in [0.2, 0.25) is 5.82 Å². The summed E-state index contributed by atoms with van der Waals surface area (Å²) >= 11 is 0. The molecule has 0 aliphatic carbocycles. The summed E-state index contributed by atoms with van der Waals surface area (Å²) in [6, 6.07) is 6.33. The zero-order chi connectivity index (χ0) is 14.4. The van der Waals surface area contributed by atoms with Gasteiger partial charge in [-0.25, -0.2) is 4.79 Å². The number of carbonyl (C=O) groups is 1. The van der Waals surface area contributed by atoms with Gasteiger partial charge in [0.15, 0.2) is 0 Å². The number of carboxylic acid groups (broad SMARTS) is 1. The highest BCUT2D eigenvalue weighted by atomic mass is 16.5. The molecule has 7 heteroatoms. The van der Waals surface area contributed by atoms with Crippen molar-refractivity contribution in [3.63, 3.8) is 0 Å². The molecule has 0 saturated carbocycles. The van der Waals surface area contributed by atoms with Gasteiger partial charge < -0.3 is 19.1 Å². The van der Waals surface area contributed by atoms with Crippen LogP contribution in [0.2, 0.25) is 0 Å². The molecule has 0 atom stereocenters. The van der Waals surface area contributed by atoms with Gasteiger partial charge in [-0.1, -0.05) is 17.3 Å². The van der Waals surface area contributed by atoms with Crippen molar-refractivity contribution in [2.45, 2.75) is 6.61 Å². The maximum atomic E-state index is 10.9. The van der Waals surface area contributed by atoms with E-state index in [0.29, 0.717) is 30.5 Å². The summed E-state index contributed by atoms with van der Waals surface area (Å²) in [7, 11) is 1.59. The number of aromatic carboxylic acids is 1. The van der Waals surface area contributed by atoms with Crippen LogP contribution < -0.4 is 0 Å². The summed E-state index contributed by atoms with van der Waals surface area (Å²) in [6.45, 7) is 1.11. The predicted octanol–water partition coefficient (Wildman–Crippen LogP) is 1.60. The lowest BCUT2D eigenvalue weighted by Crippen LogP contribution is -2.01. The van der Waals surface area contributed by atoms with Crippen molar-refractivity contribution in [2.24, 2.45) is 0 Å². The van der Waals surface area contributed by atoms with E-state index >= 15 is 0 Å². The molecule has 0 aliphatic rings. The second-order valence-electron chi connectivity index (χ2n) is 3.94. The fraction of sp³-hybridized carbons (Fsp3) is 0.308. The largest absolute Gasteiger partial charge is 0.478 e. The van der Waals surface area contributed by atoms with Crippen molar-refractivity contribution in [2.75, 3.05) is 20.3 Å². The third-order valence-corrected chi connectivity index (χ3v) is 2.49. The number of nitrogens with zero attached hydrogens (tertiary/aromatic N) is 2. The number of methoxy groups -OCH3 is 1. The Morgan fingerprint density at radius 3 is 3.00 bits per heavy atom. The van der Waals surface area contributed by atoms with Crippen molar-refractivity contribution in [1.29, 1.82) is 0 Å². The number of carboxylic acids is 1. The Hall–Kier alpha value is -2.25. The highest BCUT2D eigenvalue weighted by molar-refractivity contribution is 5.89. The fourth-order valence-corrected chi connectivity index (χ4v) is 1.52. The lowest BCUT2D eigenvalue weighted by molar-refractivity contribution is 0.0494. The lowest BCUT2D eigenvalue weighted by atomic mass is 10.1. The fourth-order valence-electron chi connectivity index (χ4n) is 1.52. The molecular formula is C13H14N2O5. The molecule has 0 fully saturated rings. The Kier molecular flexibility index (Phi) is 4.80. The molecule has 0 saturated heterocycles. The normalized spacial score (nSPS) is 10.7. The first-order chi connectivity index (χ1) is 9.70. The highest BCUT2D eigenvalue weighted by Gasteiger charge is 2.11. The first kappa shape index (κ1) is 14.2. The summed E-state index contributed by atoms with van der Waals surface area (Å²) in [5.74, 6) is -0.339. The smallest absolute Gasteiger partial charge is 0.335 e. The molecule has 0 bridgehead atoms. The average Bonchev–Trinajstić information content (AvgIpc) is 2.92. The molecule has 1 aromatic carbocycles. The minimum absolute atomic E-state index is 0.171. The van der Waals surface area contributed by atoms with Crippen LogP contribution in [0.3, 0.4) is 0 Å². The van der Waals surface area contributed by atoms with Crippen LogP contribution in [0.4, 0.5) is 0 Å². The van der Waals surface area contributed by atoms with Crippen molar-refractivity contribution >= 4 is 5.97 Å². The maximum Gasteiger partial charge on any atom is 0.335 e. The van der Waals surface area contributed by atoms with Gasteiger partial charge in [-0.2, -0.15) is 4.98 Å². The number of ether oxygens (including phenoxy) is 2. The third-order valence-electron chi connectivity index (χ3n) is 2.49. The van der Waals surface area contributed by atoms with E-state index in [1.165, 1.54) is 12.1 Å². The van der Waals surface area contributed by atoms with E-state index in [0.717, 1.165) is 0 Å². The van der Waals surface area contributed by atoms with Gasteiger partial charge in [0.1, 0.15) is 6.61 Å². The SMILES string of the molecule is COCCOCc1nc(-c2cccc(C(=O)O)c2)no1. The maximum absolute atomic E-state index is 10.9. The van der Waals surface area contributed by atoms with E-state index < -0.39 is 5.97 Å². The first-order valence-electron chi connectivity index (χ1n) is 5.93. The number of benzene rings is 1. The summed E-state index contributed by atoms with van der Waals surface area (Å²) in [6.07, 6.45) is 0. The Bertz CT molecular complexity index is 582. The minimum Gasteiger partial charge on any atom is -0.478 e. The van der Waals surface area contributed by atoms with Gasteiger partial charge in [-0.3, -0.25) is 0 Å². The minimum atomic E-state index is -1.00. The van der Waals surface area contributed by atoms with Crippen molar-refractivity contribution in [1.82, 2.24) is 10.1 Å². The average molecular weight is 278 g/mol. The van der Waals surface area contributed by atoms with Gasteiger partial charge in [-0.15, -0.1) is 0 Å². The topological polar surface area (TPSA) is 94.7 Å². The second kappa shape index (κ2) is 6.78. The number of aromatic nitrogens is 2. The monoisotopic (exact) mass is 278 g/mol. The molecule has 20 heavy (non-hydrogen) atoms. The quantitative estimate of drug-likeness (QED) is 0.768. The zero-order valence-corrected chi connectivity index (χ0v) is 10.9. The standard InChI is InChI=1S/C13H14N2O5/c1-18-5-6-19-8-11-14-12(15-20-11)9-3-2-4-10(7-9)13(16)17/h2-4,7H,5-6,8H2,1H3,(H,16,17). The van der Waals surface area contributed by atoms with E-state index in [9.17, 15) is 4.79 Å². The molecule has 1 aromatic heterocycles. The molecule has 0 amide bonds. The Morgan fingerprint density at radius 1 is 1.40 bits per heavy atom. The molecule has 1 N–H and O–H groups in total. The second-order valence-corrected chi connectivity index (χ2v) is 3.94. The number of hydrogen-bond acceptors (Lipinski definition) is 6. The molecule has 0 radical (unpaired) electrons. The number of hydrogen-bond donors (Lipinski definition) is 1. The molecule has 0 unspecified atom stereocenters. The first-order valence-corrected chi connectivity index (χ1v) is 5.93. The lowest BCUT2D eigenvalue weighted by Gasteiger charge is -1.98. The van der Waals surface area contributed by atoms with Crippen LogP contribution in [0.1, 0.15) is 16.2 Å². The van der Waals surface area contributed by atoms with E-state index in [1.807, 2.05) is 0 Å². The van der Waals surface area contributed by atoms with Crippen molar-refractivity contribution in [3.8, 4) is 11.4 Å². The molecule has 2 aromatic rings. The van der Waals surface area contributed by atoms with Crippen molar-refractivity contribution < 1.29 is 23.9 Å². The van der Waals surface area contributed by atoms with Crippen LogP contribution in [0.5, 0.6) is 0 Å². The highest BCUT2D eigenvalue weighted by Crippen LogP contribution is 2.17. The van der Waals surface area contributed by atoms with Crippen LogP contribution in [0.25, 0.3) is 11.4 Å². The molecule has 2 rings (SSSR count). The van der Waals surface area contributed by atoms with Crippen LogP contribution in [-0.4, -0.2) is 41.5 Å². The van der Waals surface area contributed by atoms with Crippen LogP contribution in [0, 0.1) is 0 Å². The summed E-state index contributed by atoms with van der Waals surface area (Å²) < 4.78 is 15.1. The van der Waals surface area contributed by atoms with Gasteiger partial charge in [0, 0.05) is 12.7 Å². The number of rotatable bonds is 7. The van der Waals surface area contributed by atoms with E-state index in [-0.39, 0.29) is 12.2 Å². The van der Waals surface area contributed by atoms with Crippen LogP contribution in [0.15, 0.2) is 28.8 Å². The van der Waals surface area contributed by atoms with E-state index in [2.05, 4.69) is 10.1 Å². The molecule has 0 spiro atoms. The van der Waals surface area contributed by atoms with Crippen LogP contribution >= 0.6 is 0 Å². The Labute approximate surface area is 115 Å². The van der Waals surface area contributed by atoms with Gasteiger partial charge in [-0.05, 0) is 12.1 Å². The zero-order valence-electron chi connectivity index (χ0n) is 10.9. The summed E-state index contributed by atoms with van der Waals surface area (Å²) in [4.78, 5) is 15.0. The van der Waals surface area contributed by atoms with Gasteiger partial charge in [0.25, 0.3) is 5.89 Å². The van der Waals surface area contributed by atoms with Gasteiger partial charge >= 0.3 is 5.97 Å². The van der Waals surface area contributed by atoms with Crippen molar-refractivity contribution in [3.05, 3.63) is 35.7 Å². The molecule has 0 aliphatic heterocycles. The predicted molar refractivity (Wildman–Crippen MR) is 68.2 cm³/mol. The summed E-state index contributed by atoms with van der Waals surface area (Å²) in [5, 5.41) is 12.7. The molecule has 1 heterocycles. The Morgan fingerprint density at radius 2 is 2.25 bits per heavy atom. The van der Waals surface area contributed by atoms with E-state index in [1.54, 1.807) is 19.2 Å². The Balaban J connectivity index is 2.04. The molecular weight excluding hydrogens is 264 g/mol. The van der Waals surface area contributed by atoms with E-state index in [4.69, 9.17) is 19.1 Å².